The van der Waals surface area contributed by atoms with E-state index >= 15 is 0 Å². The van der Waals surface area contributed by atoms with Gasteiger partial charge in [0, 0.05) is 0 Å². The highest BCUT2D eigenvalue weighted by atomic mass is 32.1. The zero-order chi connectivity index (χ0) is 12.4. The van der Waals surface area contributed by atoms with Gasteiger partial charge in [0.25, 0.3) is 5.91 Å². The molecule has 0 spiro atoms. The molecular weight excluding hydrogens is 236 g/mol. The molecule has 2 rings (SSSR count). The minimum atomic E-state index is -0.571. The van der Waals surface area contributed by atoms with Crippen LogP contribution < -0.4 is 22.1 Å². The molecule has 6 heteroatoms. The third-order valence-corrected chi connectivity index (χ3v) is 2.72. The summed E-state index contributed by atoms with van der Waals surface area (Å²) in [4.78, 5) is 11.4. The summed E-state index contributed by atoms with van der Waals surface area (Å²) in [5, 5.41) is 6.04. The van der Waals surface area contributed by atoms with E-state index < -0.39 is 11.9 Å². The minimum absolute atomic E-state index is 0.204. The summed E-state index contributed by atoms with van der Waals surface area (Å²) < 4.78 is 0. The number of thiocarbonyl (C=S) groups is 1. The number of benzene rings is 1. The topological polar surface area (TPSA) is 93.2 Å². The Morgan fingerprint density at radius 2 is 1.94 bits per heavy atom. The Morgan fingerprint density at radius 3 is 2.53 bits per heavy atom. The second kappa shape index (κ2) is 4.42. The van der Waals surface area contributed by atoms with Crippen molar-refractivity contribution in [3.8, 4) is 0 Å². The first kappa shape index (κ1) is 11.4. The van der Waals surface area contributed by atoms with Gasteiger partial charge in [0.1, 0.15) is 5.82 Å². The summed E-state index contributed by atoms with van der Waals surface area (Å²) in [5.74, 6) is -0.367. The normalized spacial score (nSPS) is 19.5. The van der Waals surface area contributed by atoms with Crippen LogP contribution in [0.3, 0.4) is 0 Å². The van der Waals surface area contributed by atoms with Crippen molar-refractivity contribution in [3.05, 3.63) is 47.3 Å². The first-order valence-electron chi connectivity index (χ1n) is 5.01. The molecule has 6 N–H and O–H groups in total. The van der Waals surface area contributed by atoms with Gasteiger partial charge >= 0.3 is 0 Å². The van der Waals surface area contributed by atoms with E-state index in [4.69, 9.17) is 23.7 Å². The largest absolute Gasteiger partial charge is 0.385 e. The van der Waals surface area contributed by atoms with Crippen molar-refractivity contribution in [1.29, 1.82) is 0 Å². The molecule has 1 amide bonds. The fraction of sp³-hybridized carbons (Fsp3) is 0.0909. The maximum absolute atomic E-state index is 11.4. The monoisotopic (exact) mass is 248 g/mol. The Bertz CT molecular complexity index is 497. The van der Waals surface area contributed by atoms with Crippen molar-refractivity contribution in [3.63, 3.8) is 0 Å². The molecule has 1 atom stereocenters. The first-order chi connectivity index (χ1) is 8.09. The summed E-state index contributed by atoms with van der Waals surface area (Å²) >= 11 is 5.01. The lowest BCUT2D eigenvalue weighted by Crippen LogP contribution is -2.48. The number of carbonyl (C=O) groups excluding carboxylic acids is 1. The van der Waals surface area contributed by atoms with Crippen molar-refractivity contribution in [1.82, 2.24) is 10.6 Å². The van der Waals surface area contributed by atoms with Crippen molar-refractivity contribution in [2.75, 3.05) is 0 Å². The molecule has 0 radical (unpaired) electrons. The number of hydrogen-bond acceptors (Lipinski definition) is 3. The van der Waals surface area contributed by atoms with Crippen LogP contribution in [0.5, 0.6) is 0 Å². The van der Waals surface area contributed by atoms with E-state index in [9.17, 15) is 4.79 Å². The summed E-state index contributed by atoms with van der Waals surface area (Å²) in [5.41, 5.74) is 12.2. The van der Waals surface area contributed by atoms with Crippen molar-refractivity contribution >= 4 is 23.2 Å². The maximum Gasteiger partial charge on any atom is 0.250 e. The Kier molecular flexibility index (Phi) is 2.97. The number of nitrogens with two attached hydrogens (primary N) is 2. The lowest BCUT2D eigenvalue weighted by atomic mass is 9.97. The predicted octanol–water partition coefficient (Wildman–Crippen LogP) is -0.139. The van der Waals surface area contributed by atoms with Gasteiger partial charge in [0.05, 0.1) is 11.6 Å². The summed E-state index contributed by atoms with van der Waals surface area (Å²) in [6.07, 6.45) is 0. The number of primary amides is 1. The Hall–Kier alpha value is -2.08. The van der Waals surface area contributed by atoms with Crippen molar-refractivity contribution in [2.45, 2.75) is 6.04 Å². The summed E-state index contributed by atoms with van der Waals surface area (Å²) in [7, 11) is 0. The molecule has 1 aromatic rings. The van der Waals surface area contributed by atoms with Gasteiger partial charge < -0.3 is 22.1 Å². The molecule has 0 saturated heterocycles. The van der Waals surface area contributed by atoms with E-state index in [1.165, 1.54) is 0 Å². The molecule has 1 aliphatic heterocycles. The Labute approximate surface area is 104 Å². The molecule has 1 aromatic carbocycles. The molecule has 0 fully saturated rings. The lowest BCUT2D eigenvalue weighted by Gasteiger charge is -2.28. The van der Waals surface area contributed by atoms with Gasteiger partial charge in [-0.2, -0.15) is 0 Å². The molecule has 17 heavy (non-hydrogen) atoms. The highest BCUT2D eigenvalue weighted by Crippen LogP contribution is 2.24. The number of amides is 1. The predicted molar refractivity (Wildman–Crippen MR) is 68.5 cm³/mol. The highest BCUT2D eigenvalue weighted by Gasteiger charge is 2.28. The fourth-order valence-corrected chi connectivity index (χ4v) is 1.98. The molecule has 5 nitrogen and oxygen atoms in total. The van der Waals surface area contributed by atoms with Gasteiger partial charge in [-0.1, -0.05) is 30.3 Å². The van der Waals surface area contributed by atoms with E-state index in [0.717, 1.165) is 5.56 Å². The van der Waals surface area contributed by atoms with Crippen molar-refractivity contribution < 1.29 is 4.79 Å². The molecule has 0 aliphatic carbocycles. The zero-order valence-corrected chi connectivity index (χ0v) is 9.75. The van der Waals surface area contributed by atoms with Gasteiger partial charge in [-0.3, -0.25) is 4.79 Å². The van der Waals surface area contributed by atoms with E-state index in [-0.39, 0.29) is 5.82 Å². The quantitative estimate of drug-likeness (QED) is 0.547. The number of nitrogens with one attached hydrogen (secondary N) is 2. The van der Waals surface area contributed by atoms with Crippen LogP contribution in [0.1, 0.15) is 11.6 Å². The molecule has 0 aromatic heterocycles. The van der Waals surface area contributed by atoms with Gasteiger partial charge in [0.15, 0.2) is 5.11 Å². The van der Waals surface area contributed by atoms with Gasteiger partial charge in [-0.15, -0.1) is 0 Å². The zero-order valence-electron chi connectivity index (χ0n) is 8.94. The van der Waals surface area contributed by atoms with Gasteiger partial charge in [-0.25, -0.2) is 0 Å². The number of carbonyl (C=O) groups is 1. The second-order valence-corrected chi connectivity index (χ2v) is 4.04. The third-order valence-electron chi connectivity index (χ3n) is 2.50. The molecule has 1 aliphatic rings. The van der Waals surface area contributed by atoms with Crippen molar-refractivity contribution in [2.24, 2.45) is 11.5 Å². The van der Waals surface area contributed by atoms with Crippen LogP contribution in [-0.2, 0) is 4.79 Å². The molecule has 0 bridgehead atoms. The third kappa shape index (κ3) is 2.21. The van der Waals surface area contributed by atoms with E-state index in [2.05, 4.69) is 10.6 Å². The highest BCUT2D eigenvalue weighted by molar-refractivity contribution is 7.80. The molecular formula is C11H12N4OS. The summed E-state index contributed by atoms with van der Waals surface area (Å²) in [6.45, 7) is 0. The summed E-state index contributed by atoms with van der Waals surface area (Å²) in [6, 6.07) is 8.99. The van der Waals surface area contributed by atoms with Crippen LogP contribution in [0.2, 0.25) is 0 Å². The van der Waals surface area contributed by atoms with Crippen LogP contribution in [-0.4, -0.2) is 11.0 Å². The van der Waals surface area contributed by atoms with Crippen LogP contribution in [0.4, 0.5) is 0 Å². The van der Waals surface area contributed by atoms with E-state index in [0.29, 0.717) is 10.7 Å². The van der Waals surface area contributed by atoms with E-state index in [1.807, 2.05) is 30.3 Å². The molecule has 1 heterocycles. The average Bonchev–Trinajstić information content (AvgIpc) is 2.28. The standard InChI is InChI=1S/C11H12N4OS/c12-9-7(10(13)16)8(14-11(17)15-9)6-4-2-1-3-5-6/h1-5,8H,12H2,(H2,13,16)(H2,14,15,17). The van der Waals surface area contributed by atoms with Crippen LogP contribution in [0, 0.1) is 0 Å². The fourth-order valence-electron chi connectivity index (χ4n) is 1.75. The van der Waals surface area contributed by atoms with Crippen LogP contribution in [0.15, 0.2) is 41.7 Å². The lowest BCUT2D eigenvalue weighted by molar-refractivity contribution is -0.115. The van der Waals surface area contributed by atoms with Gasteiger partial charge in [-0.05, 0) is 17.8 Å². The van der Waals surface area contributed by atoms with Gasteiger partial charge in [0.2, 0.25) is 0 Å². The Morgan fingerprint density at radius 1 is 1.29 bits per heavy atom. The van der Waals surface area contributed by atoms with Crippen LogP contribution >= 0.6 is 12.2 Å². The van der Waals surface area contributed by atoms with Crippen LogP contribution in [0.25, 0.3) is 0 Å². The van der Waals surface area contributed by atoms with E-state index in [1.54, 1.807) is 0 Å². The number of rotatable bonds is 2. The number of hydrogen-bond donors (Lipinski definition) is 4. The first-order valence-corrected chi connectivity index (χ1v) is 5.42. The second-order valence-electron chi connectivity index (χ2n) is 3.63. The smallest absolute Gasteiger partial charge is 0.250 e. The maximum atomic E-state index is 11.4. The Balaban J connectivity index is 2.47. The molecule has 0 saturated carbocycles. The SMILES string of the molecule is NC(=O)C1=C(N)NC(=S)NC1c1ccccc1. The molecule has 1 unspecified atom stereocenters. The minimum Gasteiger partial charge on any atom is -0.385 e. The molecule has 88 valence electrons. The average molecular weight is 248 g/mol.